The Bertz CT molecular complexity index is 1240. The first-order valence-electron chi connectivity index (χ1n) is 11.3. The number of pyridine rings is 2. The van der Waals surface area contributed by atoms with E-state index in [0.29, 0.717) is 10.9 Å². The number of rotatable bonds is 3. The Morgan fingerprint density at radius 1 is 1.00 bits per heavy atom. The summed E-state index contributed by atoms with van der Waals surface area (Å²) in [6, 6.07) is 14.2. The highest BCUT2D eigenvalue weighted by molar-refractivity contribution is 7.15. The van der Waals surface area contributed by atoms with Crippen LogP contribution in [0.4, 0.5) is 0 Å². The zero-order valence-electron chi connectivity index (χ0n) is 20.1. The topological polar surface area (TPSA) is 91.0 Å². The maximum Gasteiger partial charge on any atom is 0.204 e. The van der Waals surface area contributed by atoms with Crippen molar-refractivity contribution in [3.8, 4) is 27.4 Å². The number of primary amides is 1. The fourth-order valence-corrected chi connectivity index (χ4v) is 5.08. The molecule has 0 saturated heterocycles. The number of halogens is 1. The molecule has 0 saturated carbocycles. The van der Waals surface area contributed by atoms with E-state index in [-0.39, 0.29) is 6.41 Å². The van der Waals surface area contributed by atoms with Crippen molar-refractivity contribution in [2.24, 2.45) is 5.73 Å². The number of nitrogens with zero attached hydrogens (tertiary/aromatic N) is 3. The minimum Gasteiger partial charge on any atom is -0.494 e. The van der Waals surface area contributed by atoms with Crippen molar-refractivity contribution in [2.75, 3.05) is 7.11 Å². The van der Waals surface area contributed by atoms with E-state index in [1.165, 1.54) is 29.0 Å². The van der Waals surface area contributed by atoms with Crippen LogP contribution in [0.5, 0.6) is 5.75 Å². The number of carbonyl (C=O) groups is 1. The molecule has 0 spiro atoms. The molecule has 0 atom stereocenters. The van der Waals surface area contributed by atoms with Gasteiger partial charge in [0.2, 0.25) is 6.41 Å². The number of amides is 1. The maximum absolute atomic E-state index is 8.58. The molecule has 0 bridgehead atoms. The van der Waals surface area contributed by atoms with Crippen LogP contribution >= 0.6 is 22.9 Å². The number of ether oxygens (including phenoxy) is 1. The van der Waals surface area contributed by atoms with Crippen LogP contribution in [0.3, 0.4) is 0 Å². The van der Waals surface area contributed by atoms with Gasteiger partial charge in [-0.2, -0.15) is 0 Å². The molecular weight excluding hydrogens is 480 g/mol. The van der Waals surface area contributed by atoms with Gasteiger partial charge in [0.15, 0.2) is 0 Å². The van der Waals surface area contributed by atoms with Gasteiger partial charge in [-0.25, -0.2) is 9.97 Å². The summed E-state index contributed by atoms with van der Waals surface area (Å²) < 4.78 is 5.51. The smallest absolute Gasteiger partial charge is 0.204 e. The van der Waals surface area contributed by atoms with Crippen molar-refractivity contribution >= 4 is 29.3 Å². The van der Waals surface area contributed by atoms with Crippen molar-refractivity contribution in [3.63, 3.8) is 0 Å². The van der Waals surface area contributed by atoms with Crippen molar-refractivity contribution < 1.29 is 9.53 Å². The van der Waals surface area contributed by atoms with E-state index in [0.717, 1.165) is 40.2 Å². The number of carbonyl (C=O) groups excluding carboxylic acids is 1. The summed E-state index contributed by atoms with van der Waals surface area (Å²) in [6.45, 7) is 4.06. The molecule has 2 N–H and O–H groups in total. The molecule has 35 heavy (non-hydrogen) atoms. The molecule has 1 amide bonds. The number of nitrogens with two attached hydrogens (primary N) is 1. The Labute approximate surface area is 215 Å². The lowest BCUT2D eigenvalue weighted by Crippen LogP contribution is -1.99. The van der Waals surface area contributed by atoms with Crippen molar-refractivity contribution in [2.45, 2.75) is 39.5 Å². The number of hydrogen-bond acceptors (Lipinski definition) is 6. The van der Waals surface area contributed by atoms with Crippen LogP contribution in [0, 0.1) is 13.8 Å². The van der Waals surface area contributed by atoms with Crippen molar-refractivity contribution in [1.29, 1.82) is 0 Å². The average Bonchev–Trinajstić information content (AvgIpc) is 3.29. The molecule has 6 nitrogen and oxygen atoms in total. The third-order valence-corrected chi connectivity index (χ3v) is 6.80. The van der Waals surface area contributed by atoms with Gasteiger partial charge in [0.1, 0.15) is 15.9 Å². The van der Waals surface area contributed by atoms with Crippen LogP contribution in [-0.2, 0) is 17.6 Å². The lowest BCUT2D eigenvalue weighted by Gasteiger charge is -2.12. The largest absolute Gasteiger partial charge is 0.494 e. The van der Waals surface area contributed by atoms with Crippen LogP contribution in [0.15, 0.2) is 54.9 Å². The first-order valence-corrected chi connectivity index (χ1v) is 12.5. The number of aryl methyl sites for hydroxylation is 4. The van der Waals surface area contributed by atoms with Gasteiger partial charge in [0.05, 0.1) is 19.0 Å². The fraction of sp³-hybridized carbons (Fsp3) is 0.259. The quantitative estimate of drug-likeness (QED) is 0.262. The van der Waals surface area contributed by atoms with E-state index in [9.17, 15) is 0 Å². The predicted molar refractivity (Wildman–Crippen MR) is 143 cm³/mol. The van der Waals surface area contributed by atoms with Gasteiger partial charge in [0.25, 0.3) is 0 Å². The number of benzene rings is 1. The number of methoxy groups -OCH3 is 1. The van der Waals surface area contributed by atoms with E-state index in [2.05, 4.69) is 40.8 Å². The lowest BCUT2D eigenvalue weighted by molar-refractivity contribution is -0.106. The molecule has 5 rings (SSSR count). The van der Waals surface area contributed by atoms with Gasteiger partial charge in [-0.3, -0.25) is 9.78 Å². The summed E-state index contributed by atoms with van der Waals surface area (Å²) in [5.74, 6) is 0.692. The van der Waals surface area contributed by atoms with Gasteiger partial charge in [-0.05, 0) is 57.2 Å². The molecule has 3 heterocycles. The lowest BCUT2D eigenvalue weighted by atomic mass is 10.0. The summed E-state index contributed by atoms with van der Waals surface area (Å²) in [4.78, 5) is 23.5. The standard InChI is InChI=1S/C19H18ClN3OS.C7H8.CH3NO/c1-11-7-12(13-8-18(20)22-10-16(13)24-2)14(9-21-11)19-23-15-5-3-4-6-17(15)25-19;1-7-5-3-2-4-6-7;2-1-3/h7-10H,3-6H2,1-2H3;2-6H,1H3;1H,(H2,2,3). The van der Waals surface area contributed by atoms with Crippen LogP contribution in [0.25, 0.3) is 21.7 Å². The number of hydrogen-bond donors (Lipinski definition) is 1. The predicted octanol–water partition coefficient (Wildman–Crippen LogP) is 6.21. The molecule has 1 aliphatic rings. The van der Waals surface area contributed by atoms with Crippen LogP contribution < -0.4 is 10.5 Å². The van der Waals surface area contributed by atoms with E-state index in [1.807, 2.05) is 37.4 Å². The second-order valence-electron chi connectivity index (χ2n) is 7.97. The molecular formula is C27H29ClN4O2S. The Hall–Kier alpha value is -3.29. The van der Waals surface area contributed by atoms with Gasteiger partial charge in [-0.1, -0.05) is 47.5 Å². The third kappa shape index (κ3) is 7.10. The highest BCUT2D eigenvalue weighted by Gasteiger charge is 2.20. The third-order valence-electron chi connectivity index (χ3n) is 5.40. The Balaban J connectivity index is 0.000000288. The zero-order chi connectivity index (χ0) is 25.2. The minimum atomic E-state index is 0.250. The van der Waals surface area contributed by atoms with Gasteiger partial charge in [-0.15, -0.1) is 11.3 Å². The highest BCUT2D eigenvalue weighted by Crippen LogP contribution is 2.41. The minimum absolute atomic E-state index is 0.250. The second-order valence-corrected chi connectivity index (χ2v) is 9.44. The summed E-state index contributed by atoms with van der Waals surface area (Å²) in [5.41, 5.74) is 10.6. The first-order chi connectivity index (χ1) is 17.0. The van der Waals surface area contributed by atoms with Crippen LogP contribution in [-0.4, -0.2) is 28.5 Å². The van der Waals surface area contributed by atoms with Gasteiger partial charge in [0, 0.05) is 27.9 Å². The molecule has 0 aliphatic heterocycles. The van der Waals surface area contributed by atoms with Crippen LogP contribution in [0.1, 0.15) is 34.7 Å². The molecule has 1 aliphatic carbocycles. The Morgan fingerprint density at radius 2 is 1.71 bits per heavy atom. The molecule has 0 radical (unpaired) electrons. The van der Waals surface area contributed by atoms with E-state index < -0.39 is 0 Å². The van der Waals surface area contributed by atoms with E-state index in [4.69, 9.17) is 26.1 Å². The van der Waals surface area contributed by atoms with E-state index >= 15 is 0 Å². The van der Waals surface area contributed by atoms with Crippen molar-refractivity contribution in [1.82, 2.24) is 15.0 Å². The molecule has 3 aromatic heterocycles. The van der Waals surface area contributed by atoms with E-state index in [1.54, 1.807) is 24.6 Å². The summed E-state index contributed by atoms with van der Waals surface area (Å²) in [6.07, 6.45) is 8.49. The van der Waals surface area contributed by atoms with Crippen molar-refractivity contribution in [3.05, 3.63) is 81.8 Å². The fourth-order valence-electron chi connectivity index (χ4n) is 3.75. The van der Waals surface area contributed by atoms with Gasteiger partial charge < -0.3 is 10.5 Å². The molecule has 0 unspecified atom stereocenters. The average molecular weight is 509 g/mol. The molecule has 182 valence electrons. The summed E-state index contributed by atoms with van der Waals surface area (Å²) in [5, 5.41) is 1.46. The maximum atomic E-state index is 8.58. The number of thiazole rings is 1. The Kier molecular flexibility index (Phi) is 9.76. The summed E-state index contributed by atoms with van der Waals surface area (Å²) in [7, 11) is 1.64. The first kappa shape index (κ1) is 26.3. The SMILES string of the molecule is COc1cnc(Cl)cc1-c1cc(C)ncc1-c1nc2c(s1)CCCC2.Cc1ccccc1.NC=O. The number of aromatic nitrogens is 3. The molecule has 4 aromatic rings. The van der Waals surface area contributed by atoms with Crippen LogP contribution in [0.2, 0.25) is 5.15 Å². The molecule has 0 fully saturated rings. The monoisotopic (exact) mass is 508 g/mol. The highest BCUT2D eigenvalue weighted by atomic mass is 35.5. The second kappa shape index (κ2) is 13.0. The summed E-state index contributed by atoms with van der Waals surface area (Å²) >= 11 is 7.93. The number of fused-ring (bicyclic) bond motifs is 1. The zero-order valence-corrected chi connectivity index (χ0v) is 21.7. The molecule has 8 heteroatoms. The van der Waals surface area contributed by atoms with Gasteiger partial charge >= 0.3 is 0 Å². The normalized spacial score (nSPS) is 11.8. The Morgan fingerprint density at radius 3 is 2.34 bits per heavy atom. The molecule has 1 aromatic carbocycles.